The van der Waals surface area contributed by atoms with Crippen molar-refractivity contribution in [2.24, 2.45) is 0 Å². The van der Waals surface area contributed by atoms with Crippen molar-refractivity contribution < 1.29 is 21.6 Å². The van der Waals surface area contributed by atoms with Gasteiger partial charge in [-0.05, 0) is 73.5 Å². The Balaban J connectivity index is 1.71. The summed E-state index contributed by atoms with van der Waals surface area (Å²) in [5.41, 5.74) is 2.95. The first kappa shape index (κ1) is 24.3. The summed E-state index contributed by atoms with van der Waals surface area (Å²) in [6.07, 6.45) is 1.03. The van der Waals surface area contributed by atoms with Crippen molar-refractivity contribution in [1.82, 2.24) is 0 Å². The summed E-state index contributed by atoms with van der Waals surface area (Å²) in [6.45, 7) is 3.27. The minimum Gasteiger partial charge on any atom is -0.325 e. The number of amides is 1. The third-order valence-electron chi connectivity index (χ3n) is 4.70. The molecule has 33 heavy (non-hydrogen) atoms. The number of hydrogen-bond donors (Lipinski definition) is 2. The molecule has 0 fully saturated rings. The number of hydrogen-bond acceptors (Lipinski definition) is 5. The zero-order valence-electron chi connectivity index (χ0n) is 18.4. The largest absolute Gasteiger partial charge is 0.325 e. The van der Waals surface area contributed by atoms with Gasteiger partial charge in [0.15, 0.2) is 0 Å². The van der Waals surface area contributed by atoms with E-state index >= 15 is 0 Å². The number of carbonyl (C=O) groups excluding carboxylic acids is 1. The van der Waals surface area contributed by atoms with Gasteiger partial charge in [0, 0.05) is 11.4 Å². The number of benzene rings is 3. The number of carbonyl (C=O) groups is 1. The summed E-state index contributed by atoms with van der Waals surface area (Å²) in [7, 11) is -7.50. The first-order valence-corrected chi connectivity index (χ1v) is 13.3. The lowest BCUT2D eigenvalue weighted by molar-refractivity contribution is -0.114. The Bertz CT molecular complexity index is 1370. The summed E-state index contributed by atoms with van der Waals surface area (Å²) in [5.74, 6) is -0.560. The Morgan fingerprint density at radius 3 is 2.00 bits per heavy atom. The van der Waals surface area contributed by atoms with Gasteiger partial charge in [-0.3, -0.25) is 13.8 Å². The van der Waals surface area contributed by atoms with Crippen LogP contribution in [0, 0.1) is 13.8 Å². The van der Waals surface area contributed by atoms with E-state index in [9.17, 15) is 21.6 Å². The molecule has 0 heterocycles. The smallest absolute Gasteiger partial charge is 0.261 e. The molecule has 0 aliphatic carbocycles. The molecule has 0 aromatic heterocycles. The molecule has 1 amide bonds. The first-order valence-electron chi connectivity index (χ1n) is 9.98. The van der Waals surface area contributed by atoms with Crippen molar-refractivity contribution in [3.8, 4) is 0 Å². The molecule has 0 bridgehead atoms. The molecule has 0 unspecified atom stereocenters. The summed E-state index contributed by atoms with van der Waals surface area (Å²) >= 11 is 0. The molecule has 3 aromatic rings. The van der Waals surface area contributed by atoms with Gasteiger partial charge in [0.05, 0.1) is 16.8 Å². The zero-order chi connectivity index (χ0) is 24.2. The van der Waals surface area contributed by atoms with E-state index < -0.39 is 32.5 Å². The van der Waals surface area contributed by atoms with Crippen molar-refractivity contribution in [3.05, 3.63) is 83.9 Å². The lowest BCUT2D eigenvalue weighted by Gasteiger charge is -2.22. The monoisotopic (exact) mass is 487 g/mol. The van der Waals surface area contributed by atoms with Gasteiger partial charge in [0.25, 0.3) is 10.0 Å². The lowest BCUT2D eigenvalue weighted by atomic mass is 10.2. The van der Waals surface area contributed by atoms with Crippen LogP contribution in [0.25, 0.3) is 0 Å². The van der Waals surface area contributed by atoms with Gasteiger partial charge in [-0.1, -0.05) is 24.3 Å². The van der Waals surface area contributed by atoms with Gasteiger partial charge in [0.2, 0.25) is 15.9 Å². The van der Waals surface area contributed by atoms with Gasteiger partial charge in [-0.25, -0.2) is 16.8 Å². The maximum absolute atomic E-state index is 12.6. The number of nitrogens with zero attached hydrogens (tertiary/aromatic N) is 1. The van der Waals surface area contributed by atoms with Crippen molar-refractivity contribution in [3.63, 3.8) is 0 Å². The van der Waals surface area contributed by atoms with E-state index in [1.165, 1.54) is 24.3 Å². The summed E-state index contributed by atoms with van der Waals surface area (Å²) in [6, 6.07) is 19.4. The molecule has 10 heteroatoms. The molecule has 3 aromatic carbocycles. The van der Waals surface area contributed by atoms with Crippen molar-refractivity contribution in [2.45, 2.75) is 18.7 Å². The second-order valence-electron chi connectivity index (χ2n) is 7.66. The molecule has 8 nitrogen and oxygen atoms in total. The van der Waals surface area contributed by atoms with Crippen LogP contribution in [0.3, 0.4) is 0 Å². The molecular formula is C23H25N3O5S2. The summed E-state index contributed by atoms with van der Waals surface area (Å²) < 4.78 is 53.2. The molecular weight excluding hydrogens is 462 g/mol. The van der Waals surface area contributed by atoms with Crippen LogP contribution < -0.4 is 14.3 Å². The second-order valence-corrected chi connectivity index (χ2v) is 11.2. The molecule has 0 saturated carbocycles. The van der Waals surface area contributed by atoms with E-state index in [0.29, 0.717) is 17.1 Å². The highest BCUT2D eigenvalue weighted by Crippen LogP contribution is 2.21. The topological polar surface area (TPSA) is 113 Å². The van der Waals surface area contributed by atoms with Crippen molar-refractivity contribution in [2.75, 3.05) is 27.1 Å². The number of anilines is 3. The van der Waals surface area contributed by atoms with Gasteiger partial charge < -0.3 is 5.32 Å². The highest BCUT2D eigenvalue weighted by atomic mass is 32.2. The molecule has 2 N–H and O–H groups in total. The number of aryl methyl sites for hydroxylation is 2. The molecule has 0 aliphatic heterocycles. The minimum absolute atomic E-state index is 0.0273. The molecule has 0 aliphatic rings. The van der Waals surface area contributed by atoms with Crippen LogP contribution >= 0.6 is 0 Å². The van der Waals surface area contributed by atoms with Gasteiger partial charge in [-0.15, -0.1) is 0 Å². The Morgan fingerprint density at radius 1 is 0.818 bits per heavy atom. The van der Waals surface area contributed by atoms with E-state index in [1.54, 1.807) is 36.4 Å². The van der Waals surface area contributed by atoms with Gasteiger partial charge in [0.1, 0.15) is 6.54 Å². The molecule has 174 valence electrons. The normalized spacial score (nSPS) is 11.6. The fourth-order valence-electron chi connectivity index (χ4n) is 3.15. The van der Waals surface area contributed by atoms with E-state index in [1.807, 2.05) is 26.0 Å². The second kappa shape index (κ2) is 9.63. The summed E-state index contributed by atoms with van der Waals surface area (Å²) in [5, 5.41) is 2.60. The highest BCUT2D eigenvalue weighted by Gasteiger charge is 2.21. The van der Waals surface area contributed by atoms with Crippen LogP contribution in [0.5, 0.6) is 0 Å². The predicted octanol–water partition coefficient (Wildman–Crippen LogP) is 3.51. The third-order valence-corrected chi connectivity index (χ3v) is 7.23. The van der Waals surface area contributed by atoms with E-state index in [4.69, 9.17) is 0 Å². The average molecular weight is 488 g/mol. The highest BCUT2D eigenvalue weighted by molar-refractivity contribution is 7.92. The first-order chi connectivity index (χ1) is 15.4. The summed E-state index contributed by atoms with van der Waals surface area (Å²) in [4.78, 5) is 12.6. The maximum atomic E-state index is 12.6. The van der Waals surface area contributed by atoms with Crippen LogP contribution in [0.2, 0.25) is 0 Å². The van der Waals surface area contributed by atoms with Crippen LogP contribution in [0.4, 0.5) is 17.1 Å². The molecule has 0 spiro atoms. The maximum Gasteiger partial charge on any atom is 0.261 e. The zero-order valence-corrected chi connectivity index (χ0v) is 20.1. The Kier molecular flexibility index (Phi) is 7.09. The van der Waals surface area contributed by atoms with Crippen molar-refractivity contribution in [1.29, 1.82) is 0 Å². The standard InChI is InChI=1S/C23H25N3O5S2/c1-17-6-4-8-20(14-17)25-33(30,31)22-12-10-19(11-13-22)24-23(27)16-26(32(3,28)29)21-9-5-7-18(2)15-21/h4-15,25H,16H2,1-3H3,(H,24,27). The van der Waals surface area contributed by atoms with Crippen molar-refractivity contribution >= 4 is 43.0 Å². The lowest BCUT2D eigenvalue weighted by Crippen LogP contribution is -2.37. The minimum atomic E-state index is -3.80. The van der Waals surface area contributed by atoms with Crippen LogP contribution in [0.15, 0.2) is 77.7 Å². The Morgan fingerprint density at radius 2 is 1.42 bits per heavy atom. The molecule has 3 rings (SSSR count). The van der Waals surface area contributed by atoms with E-state index in [-0.39, 0.29) is 4.90 Å². The average Bonchev–Trinajstić information content (AvgIpc) is 2.71. The van der Waals surface area contributed by atoms with Gasteiger partial charge in [-0.2, -0.15) is 0 Å². The number of rotatable bonds is 8. The molecule has 0 saturated heterocycles. The third kappa shape index (κ3) is 6.56. The quantitative estimate of drug-likeness (QED) is 0.505. The predicted molar refractivity (Wildman–Crippen MR) is 130 cm³/mol. The number of nitrogens with one attached hydrogen (secondary N) is 2. The van der Waals surface area contributed by atoms with Crippen LogP contribution in [0.1, 0.15) is 11.1 Å². The molecule has 0 radical (unpaired) electrons. The van der Waals surface area contributed by atoms with E-state index in [0.717, 1.165) is 21.7 Å². The Hall–Kier alpha value is -3.37. The Labute approximate surface area is 194 Å². The molecule has 0 atom stereocenters. The van der Waals surface area contributed by atoms with Gasteiger partial charge >= 0.3 is 0 Å². The SMILES string of the molecule is Cc1cccc(NS(=O)(=O)c2ccc(NC(=O)CN(c3cccc(C)c3)S(C)(=O)=O)cc2)c1. The fourth-order valence-corrected chi connectivity index (χ4v) is 5.05. The number of sulfonamides is 2. The fraction of sp³-hybridized carbons (Fsp3) is 0.174. The van der Waals surface area contributed by atoms with Crippen LogP contribution in [-0.4, -0.2) is 35.5 Å². The van der Waals surface area contributed by atoms with E-state index in [2.05, 4.69) is 10.0 Å². The van der Waals surface area contributed by atoms with Crippen LogP contribution in [-0.2, 0) is 24.8 Å².